The number of anilines is 1. The van der Waals surface area contributed by atoms with Crippen LogP contribution in [0, 0.1) is 0 Å². The van der Waals surface area contributed by atoms with Crippen LogP contribution in [0.2, 0.25) is 0 Å². The summed E-state index contributed by atoms with van der Waals surface area (Å²) in [4.78, 5) is 23.1. The minimum absolute atomic E-state index is 0.158. The monoisotopic (exact) mass is 353 g/mol. The Morgan fingerprint density at radius 3 is 2.29 bits per heavy atom. The summed E-state index contributed by atoms with van der Waals surface area (Å²) < 4.78 is 26.6. The van der Waals surface area contributed by atoms with Crippen LogP contribution in [-0.2, 0) is 19.6 Å². The number of carbonyl (C=O) groups is 2. The minimum Gasteiger partial charge on any atom is -0.545 e. The molecule has 24 heavy (non-hydrogen) atoms. The Kier molecular flexibility index (Phi) is 5.71. The molecule has 1 heterocycles. The van der Waals surface area contributed by atoms with Gasteiger partial charge in [-0.05, 0) is 30.3 Å². The first-order valence-corrected chi connectivity index (χ1v) is 8.84. The second-order valence-corrected chi connectivity index (χ2v) is 7.47. The summed E-state index contributed by atoms with van der Waals surface area (Å²) in [5.41, 5.74) is 0.366. The molecule has 1 fully saturated rings. The highest BCUT2D eigenvalue weighted by Gasteiger charge is 2.28. The lowest BCUT2D eigenvalue weighted by Gasteiger charge is -2.29. The van der Waals surface area contributed by atoms with Crippen LogP contribution in [0.15, 0.2) is 41.3 Å². The van der Waals surface area contributed by atoms with Crippen molar-refractivity contribution in [2.75, 3.05) is 38.5 Å². The highest BCUT2D eigenvalue weighted by molar-refractivity contribution is 7.89. The number of quaternary nitrogens is 1. The second-order valence-electron chi connectivity index (χ2n) is 5.53. The number of sulfonamides is 1. The van der Waals surface area contributed by atoms with E-state index in [0.717, 1.165) is 19.2 Å². The van der Waals surface area contributed by atoms with E-state index in [-0.39, 0.29) is 4.90 Å². The van der Waals surface area contributed by atoms with Gasteiger partial charge in [0.15, 0.2) is 0 Å². The Morgan fingerprint density at radius 1 is 1.17 bits per heavy atom. The number of piperazine rings is 1. The molecule has 9 heteroatoms. The molecule has 0 unspecified atom stereocenters. The summed E-state index contributed by atoms with van der Waals surface area (Å²) in [6, 6.07) is 5.75. The summed E-state index contributed by atoms with van der Waals surface area (Å²) in [5, 5.41) is 12.7. The largest absolute Gasteiger partial charge is 0.545 e. The predicted octanol–water partition coefficient (Wildman–Crippen LogP) is -2.55. The molecule has 0 bridgehead atoms. The summed E-state index contributed by atoms with van der Waals surface area (Å²) in [5.74, 6) is -2.11. The van der Waals surface area contributed by atoms with Crippen molar-refractivity contribution >= 4 is 27.6 Å². The fourth-order valence-corrected chi connectivity index (χ4v) is 3.74. The van der Waals surface area contributed by atoms with Crippen molar-refractivity contribution in [3.05, 3.63) is 36.4 Å². The van der Waals surface area contributed by atoms with E-state index >= 15 is 0 Å². The van der Waals surface area contributed by atoms with Crippen LogP contribution in [0.3, 0.4) is 0 Å². The first kappa shape index (κ1) is 18.1. The topological polar surface area (TPSA) is 111 Å². The molecule has 0 saturated carbocycles. The Bertz CT molecular complexity index is 735. The van der Waals surface area contributed by atoms with Crippen LogP contribution in [0.4, 0.5) is 5.69 Å². The predicted molar refractivity (Wildman–Crippen MR) is 84.6 cm³/mol. The van der Waals surface area contributed by atoms with Crippen LogP contribution < -0.4 is 15.3 Å². The molecule has 130 valence electrons. The minimum atomic E-state index is -3.54. The van der Waals surface area contributed by atoms with Gasteiger partial charge in [-0.3, -0.25) is 4.79 Å². The summed E-state index contributed by atoms with van der Waals surface area (Å²) in [6.45, 7) is 2.47. The zero-order valence-corrected chi connectivity index (χ0v) is 14.0. The average Bonchev–Trinajstić information content (AvgIpc) is 2.54. The molecular weight excluding hydrogens is 334 g/mol. The Labute approximate surface area is 140 Å². The molecule has 0 aromatic heterocycles. The number of carboxylic acids is 1. The van der Waals surface area contributed by atoms with E-state index in [2.05, 4.69) is 5.32 Å². The summed E-state index contributed by atoms with van der Waals surface area (Å²) in [7, 11) is -1.52. The van der Waals surface area contributed by atoms with Crippen LogP contribution in [-0.4, -0.2) is 57.8 Å². The smallest absolute Gasteiger partial charge is 0.248 e. The third kappa shape index (κ3) is 4.63. The number of amides is 1. The van der Waals surface area contributed by atoms with Crippen molar-refractivity contribution < 1.29 is 28.0 Å². The molecule has 0 aliphatic carbocycles. The van der Waals surface area contributed by atoms with E-state index in [1.807, 2.05) is 7.05 Å². The maximum absolute atomic E-state index is 12.6. The lowest BCUT2D eigenvalue weighted by Crippen LogP contribution is -3.12. The zero-order chi connectivity index (χ0) is 17.7. The Morgan fingerprint density at radius 2 is 1.75 bits per heavy atom. The van der Waals surface area contributed by atoms with Crippen molar-refractivity contribution in [2.45, 2.75) is 4.90 Å². The van der Waals surface area contributed by atoms with Crippen LogP contribution >= 0.6 is 0 Å². The molecular formula is C15H19N3O5S. The molecule has 2 N–H and O–H groups in total. The van der Waals surface area contributed by atoms with Gasteiger partial charge in [-0.15, -0.1) is 0 Å². The number of hydrogen-bond acceptors (Lipinski definition) is 5. The second kappa shape index (κ2) is 7.56. The lowest BCUT2D eigenvalue weighted by atomic mass is 10.3. The number of nitrogens with zero attached hydrogens (tertiary/aromatic N) is 1. The molecule has 0 spiro atoms. The Balaban J connectivity index is 2.06. The summed E-state index contributed by atoms with van der Waals surface area (Å²) >= 11 is 0. The van der Waals surface area contributed by atoms with E-state index in [1.165, 1.54) is 33.5 Å². The molecule has 1 saturated heterocycles. The van der Waals surface area contributed by atoms with Crippen molar-refractivity contribution in [3.63, 3.8) is 0 Å². The third-order valence-electron chi connectivity index (χ3n) is 3.71. The van der Waals surface area contributed by atoms with E-state index in [9.17, 15) is 23.1 Å². The quantitative estimate of drug-likeness (QED) is 0.566. The van der Waals surface area contributed by atoms with Crippen molar-refractivity contribution in [2.24, 2.45) is 0 Å². The summed E-state index contributed by atoms with van der Waals surface area (Å²) in [6.07, 6.45) is 1.44. The number of carboxylic acid groups (broad SMARTS) is 1. The van der Waals surface area contributed by atoms with Crippen LogP contribution in [0.25, 0.3) is 0 Å². The van der Waals surface area contributed by atoms with Gasteiger partial charge in [0.25, 0.3) is 0 Å². The fourth-order valence-electron chi connectivity index (χ4n) is 2.30. The van der Waals surface area contributed by atoms with Gasteiger partial charge in [-0.25, -0.2) is 8.42 Å². The van der Waals surface area contributed by atoms with Crippen molar-refractivity contribution in [1.82, 2.24) is 4.31 Å². The van der Waals surface area contributed by atoms with Gasteiger partial charge >= 0.3 is 0 Å². The Hall–Kier alpha value is -2.23. The molecule has 1 amide bonds. The molecule has 1 aromatic rings. The van der Waals surface area contributed by atoms with Gasteiger partial charge in [-0.2, -0.15) is 4.31 Å². The molecule has 1 aliphatic rings. The van der Waals surface area contributed by atoms with Gasteiger partial charge < -0.3 is 20.1 Å². The number of carbonyl (C=O) groups excluding carboxylic acids is 2. The number of aliphatic carboxylic acids is 1. The van der Waals surface area contributed by atoms with Gasteiger partial charge in [0.1, 0.15) is 0 Å². The SMILES string of the molecule is C[NH+]1CCN(S(=O)(=O)c2ccc(NC(=O)/C=C/C(=O)[O-])cc2)CC1. The number of rotatable bonds is 5. The van der Waals surface area contributed by atoms with Crippen molar-refractivity contribution in [1.29, 1.82) is 0 Å². The van der Waals surface area contributed by atoms with Crippen LogP contribution in [0.1, 0.15) is 0 Å². The average molecular weight is 353 g/mol. The molecule has 2 rings (SSSR count). The molecule has 0 radical (unpaired) electrons. The standard InChI is InChI=1S/C15H19N3O5S/c1-17-8-10-18(11-9-17)24(22,23)13-4-2-12(3-5-13)16-14(19)6-7-15(20)21/h2-7H,8-11H2,1H3,(H,16,19)(H,20,21)/b7-6+. The zero-order valence-electron chi connectivity index (χ0n) is 13.2. The van der Waals surface area contributed by atoms with E-state index in [4.69, 9.17) is 0 Å². The number of hydrogen-bond donors (Lipinski definition) is 2. The molecule has 8 nitrogen and oxygen atoms in total. The first-order chi connectivity index (χ1) is 11.3. The van der Waals surface area contributed by atoms with E-state index in [0.29, 0.717) is 24.9 Å². The normalized spacial score (nSPS) is 17.0. The van der Waals surface area contributed by atoms with E-state index in [1.54, 1.807) is 0 Å². The number of nitrogens with one attached hydrogen (secondary N) is 2. The highest BCUT2D eigenvalue weighted by Crippen LogP contribution is 2.18. The van der Waals surface area contributed by atoms with Gasteiger partial charge in [-0.1, -0.05) is 0 Å². The lowest BCUT2D eigenvalue weighted by molar-refractivity contribution is -0.883. The fraction of sp³-hybridized carbons (Fsp3) is 0.333. The van der Waals surface area contributed by atoms with Gasteiger partial charge in [0.05, 0.1) is 44.1 Å². The number of likely N-dealkylation sites (N-methyl/N-ethyl adjacent to an activating group) is 1. The number of benzene rings is 1. The molecule has 0 atom stereocenters. The highest BCUT2D eigenvalue weighted by atomic mass is 32.2. The van der Waals surface area contributed by atoms with Crippen molar-refractivity contribution in [3.8, 4) is 0 Å². The maximum atomic E-state index is 12.6. The van der Waals surface area contributed by atoms with Gasteiger partial charge in [0, 0.05) is 11.8 Å². The molecule has 1 aliphatic heterocycles. The third-order valence-corrected chi connectivity index (χ3v) is 5.62. The maximum Gasteiger partial charge on any atom is 0.248 e. The first-order valence-electron chi connectivity index (χ1n) is 7.40. The van der Waals surface area contributed by atoms with Gasteiger partial charge in [0.2, 0.25) is 15.9 Å². The van der Waals surface area contributed by atoms with E-state index < -0.39 is 21.9 Å². The van der Waals surface area contributed by atoms with Crippen LogP contribution in [0.5, 0.6) is 0 Å². The molecule has 1 aromatic carbocycles.